The Hall–Kier alpha value is -0.970. The Labute approximate surface area is 148 Å². The number of hydrogen-bond donors (Lipinski definition) is 1. The second kappa shape index (κ2) is 7.29. The first-order valence-electron chi connectivity index (χ1n) is 7.84. The molecular formula is C17H24Cl2N2O2. The second-order valence-electron chi connectivity index (χ2n) is 6.97. The highest BCUT2D eigenvalue weighted by Gasteiger charge is 2.30. The van der Waals surface area contributed by atoms with Crippen LogP contribution in [-0.2, 0) is 4.74 Å². The number of nitrogens with one attached hydrogen (secondary N) is 1. The molecule has 1 fully saturated rings. The fourth-order valence-corrected chi connectivity index (χ4v) is 3.26. The molecule has 23 heavy (non-hydrogen) atoms. The van der Waals surface area contributed by atoms with Crippen molar-refractivity contribution >= 4 is 29.3 Å². The zero-order valence-corrected chi connectivity index (χ0v) is 15.5. The average molecular weight is 359 g/mol. The van der Waals surface area contributed by atoms with Gasteiger partial charge in [-0.05, 0) is 51.8 Å². The standard InChI is InChI=1S/C17H24Cl2N2O2/c1-11(14-6-5-12(18)9-15(14)19)20-13-7-8-21(10-13)16(22)23-17(2,3)4/h5-6,9,11,13,20H,7-8,10H2,1-4H3/t11?,13-/m0/s1. The molecule has 1 unspecified atom stereocenters. The number of rotatable bonds is 3. The van der Waals surface area contributed by atoms with E-state index in [4.69, 9.17) is 27.9 Å². The summed E-state index contributed by atoms with van der Waals surface area (Å²) in [7, 11) is 0. The molecular weight excluding hydrogens is 335 g/mol. The van der Waals surface area contributed by atoms with Gasteiger partial charge in [-0.25, -0.2) is 4.79 Å². The van der Waals surface area contributed by atoms with Gasteiger partial charge in [-0.1, -0.05) is 29.3 Å². The van der Waals surface area contributed by atoms with Gasteiger partial charge in [-0.2, -0.15) is 0 Å². The number of likely N-dealkylation sites (tertiary alicyclic amines) is 1. The van der Waals surface area contributed by atoms with E-state index in [1.54, 1.807) is 11.0 Å². The predicted molar refractivity (Wildman–Crippen MR) is 94.2 cm³/mol. The maximum atomic E-state index is 12.1. The molecule has 4 nitrogen and oxygen atoms in total. The van der Waals surface area contributed by atoms with E-state index in [-0.39, 0.29) is 18.2 Å². The minimum absolute atomic E-state index is 0.0864. The van der Waals surface area contributed by atoms with E-state index in [1.165, 1.54) is 0 Å². The molecule has 1 N–H and O–H groups in total. The SMILES string of the molecule is CC(N[C@H]1CCN(C(=O)OC(C)(C)C)C1)c1ccc(Cl)cc1Cl. The second-order valence-corrected chi connectivity index (χ2v) is 7.81. The maximum absolute atomic E-state index is 12.1. The maximum Gasteiger partial charge on any atom is 0.410 e. The summed E-state index contributed by atoms with van der Waals surface area (Å²) < 4.78 is 5.42. The van der Waals surface area contributed by atoms with Crippen LogP contribution in [0.15, 0.2) is 18.2 Å². The van der Waals surface area contributed by atoms with E-state index >= 15 is 0 Å². The lowest BCUT2D eigenvalue weighted by Crippen LogP contribution is -2.39. The lowest BCUT2D eigenvalue weighted by atomic mass is 10.1. The molecule has 1 aliphatic rings. The normalized spacial score (nSPS) is 19.7. The van der Waals surface area contributed by atoms with Crippen LogP contribution in [0.4, 0.5) is 4.79 Å². The molecule has 2 atom stereocenters. The van der Waals surface area contributed by atoms with Crippen molar-refractivity contribution in [1.29, 1.82) is 0 Å². The third-order valence-corrected chi connectivity index (χ3v) is 4.32. The Bertz CT molecular complexity index is 572. The summed E-state index contributed by atoms with van der Waals surface area (Å²) in [5.41, 5.74) is 0.541. The minimum atomic E-state index is -0.466. The summed E-state index contributed by atoms with van der Waals surface area (Å²) >= 11 is 12.2. The van der Waals surface area contributed by atoms with Gasteiger partial charge in [-0.3, -0.25) is 0 Å². The molecule has 0 aromatic heterocycles. The smallest absolute Gasteiger partial charge is 0.410 e. The summed E-state index contributed by atoms with van der Waals surface area (Å²) in [5, 5.41) is 4.81. The summed E-state index contributed by atoms with van der Waals surface area (Å²) in [6.45, 7) is 9.04. The summed E-state index contributed by atoms with van der Waals surface area (Å²) in [4.78, 5) is 13.8. The molecule has 0 spiro atoms. The first kappa shape index (κ1) is 18.4. The highest BCUT2D eigenvalue weighted by molar-refractivity contribution is 6.35. The van der Waals surface area contributed by atoms with Crippen LogP contribution >= 0.6 is 23.2 Å². The Morgan fingerprint density at radius 1 is 1.39 bits per heavy atom. The monoisotopic (exact) mass is 358 g/mol. The third-order valence-electron chi connectivity index (χ3n) is 3.75. The molecule has 2 rings (SSSR count). The van der Waals surface area contributed by atoms with Gasteiger partial charge in [0.2, 0.25) is 0 Å². The van der Waals surface area contributed by atoms with Gasteiger partial charge < -0.3 is 15.0 Å². The quantitative estimate of drug-likeness (QED) is 0.854. The molecule has 0 saturated carbocycles. The molecule has 1 aliphatic heterocycles. The molecule has 1 amide bonds. The van der Waals surface area contributed by atoms with Crippen LogP contribution in [0.2, 0.25) is 10.0 Å². The number of halogens is 2. The first-order chi connectivity index (χ1) is 10.7. The number of carbonyl (C=O) groups excluding carboxylic acids is 1. The molecule has 1 heterocycles. The molecule has 128 valence electrons. The Morgan fingerprint density at radius 3 is 2.70 bits per heavy atom. The third kappa shape index (κ3) is 5.27. The van der Waals surface area contributed by atoms with Crippen LogP contribution in [0.25, 0.3) is 0 Å². The first-order valence-corrected chi connectivity index (χ1v) is 8.60. The number of hydrogen-bond acceptors (Lipinski definition) is 3. The minimum Gasteiger partial charge on any atom is -0.444 e. The Kier molecular flexibility index (Phi) is 5.82. The number of ether oxygens (including phenoxy) is 1. The van der Waals surface area contributed by atoms with Crippen molar-refractivity contribution in [3.05, 3.63) is 33.8 Å². The summed E-state index contributed by atoms with van der Waals surface area (Å²) in [6.07, 6.45) is 0.647. The molecule has 1 saturated heterocycles. The van der Waals surface area contributed by atoms with Gasteiger partial charge in [0.1, 0.15) is 5.60 Å². The van der Waals surface area contributed by atoms with Crippen molar-refractivity contribution in [3.8, 4) is 0 Å². The van der Waals surface area contributed by atoms with Crippen LogP contribution in [0.1, 0.15) is 45.7 Å². The van der Waals surface area contributed by atoms with Crippen LogP contribution < -0.4 is 5.32 Å². The molecule has 0 bridgehead atoms. The van der Waals surface area contributed by atoms with E-state index in [9.17, 15) is 4.79 Å². The summed E-state index contributed by atoms with van der Waals surface area (Å²) in [6, 6.07) is 5.83. The van der Waals surface area contributed by atoms with Crippen molar-refractivity contribution in [3.63, 3.8) is 0 Å². The zero-order valence-electron chi connectivity index (χ0n) is 14.0. The molecule has 1 aromatic carbocycles. The number of amides is 1. The van der Waals surface area contributed by atoms with Crippen molar-refractivity contribution in [2.75, 3.05) is 13.1 Å². The molecule has 1 aromatic rings. The van der Waals surface area contributed by atoms with E-state index in [0.717, 1.165) is 12.0 Å². The average Bonchev–Trinajstić information content (AvgIpc) is 2.85. The van der Waals surface area contributed by atoms with E-state index in [2.05, 4.69) is 12.2 Å². The van der Waals surface area contributed by atoms with Gasteiger partial charge in [0, 0.05) is 35.2 Å². The van der Waals surface area contributed by atoms with Crippen LogP contribution in [-0.4, -0.2) is 35.7 Å². The number of benzene rings is 1. The molecule has 0 radical (unpaired) electrons. The zero-order chi connectivity index (χ0) is 17.2. The lowest BCUT2D eigenvalue weighted by Gasteiger charge is -2.25. The lowest BCUT2D eigenvalue weighted by molar-refractivity contribution is 0.0290. The Balaban J connectivity index is 1.91. The molecule has 6 heteroatoms. The van der Waals surface area contributed by atoms with Gasteiger partial charge in [0.15, 0.2) is 0 Å². The van der Waals surface area contributed by atoms with Crippen LogP contribution in [0.3, 0.4) is 0 Å². The fourth-order valence-electron chi connectivity index (χ4n) is 2.68. The van der Waals surface area contributed by atoms with E-state index < -0.39 is 5.60 Å². The van der Waals surface area contributed by atoms with Gasteiger partial charge >= 0.3 is 6.09 Å². The van der Waals surface area contributed by atoms with Gasteiger partial charge in [0.05, 0.1) is 0 Å². The number of carbonyl (C=O) groups is 1. The van der Waals surface area contributed by atoms with Gasteiger partial charge in [-0.15, -0.1) is 0 Å². The van der Waals surface area contributed by atoms with Gasteiger partial charge in [0.25, 0.3) is 0 Å². The fraction of sp³-hybridized carbons (Fsp3) is 0.588. The van der Waals surface area contributed by atoms with Crippen molar-refractivity contribution in [2.45, 2.75) is 51.8 Å². The predicted octanol–water partition coefficient (Wildman–Crippen LogP) is 4.65. The highest BCUT2D eigenvalue weighted by atomic mass is 35.5. The van der Waals surface area contributed by atoms with Crippen molar-refractivity contribution in [1.82, 2.24) is 10.2 Å². The highest BCUT2D eigenvalue weighted by Crippen LogP contribution is 2.27. The van der Waals surface area contributed by atoms with Crippen LogP contribution in [0.5, 0.6) is 0 Å². The van der Waals surface area contributed by atoms with Crippen LogP contribution in [0, 0.1) is 0 Å². The van der Waals surface area contributed by atoms with E-state index in [0.29, 0.717) is 23.1 Å². The number of nitrogens with zero attached hydrogens (tertiary/aromatic N) is 1. The Morgan fingerprint density at radius 2 is 2.09 bits per heavy atom. The van der Waals surface area contributed by atoms with Crippen molar-refractivity contribution < 1.29 is 9.53 Å². The molecule has 0 aliphatic carbocycles. The van der Waals surface area contributed by atoms with E-state index in [1.807, 2.05) is 32.9 Å². The summed E-state index contributed by atoms with van der Waals surface area (Å²) in [5.74, 6) is 0. The largest absolute Gasteiger partial charge is 0.444 e. The van der Waals surface area contributed by atoms with Crippen molar-refractivity contribution in [2.24, 2.45) is 0 Å². The topological polar surface area (TPSA) is 41.6 Å².